The Bertz CT molecular complexity index is 900. The number of carbonyl (C=O) groups is 2. The predicted molar refractivity (Wildman–Crippen MR) is 93.9 cm³/mol. The van der Waals surface area contributed by atoms with Gasteiger partial charge in [0.1, 0.15) is 5.00 Å². The summed E-state index contributed by atoms with van der Waals surface area (Å²) in [5, 5.41) is 2.75. The molecular weight excluding hydrogens is 350 g/mol. The number of hydrogen-bond donors (Lipinski definition) is 3. The van der Waals surface area contributed by atoms with Crippen LogP contribution >= 0.6 is 11.3 Å². The van der Waals surface area contributed by atoms with Crippen molar-refractivity contribution in [2.45, 2.75) is 25.7 Å². The summed E-state index contributed by atoms with van der Waals surface area (Å²) in [5.41, 5.74) is 6.67. The van der Waals surface area contributed by atoms with Crippen LogP contribution in [0.1, 0.15) is 27.7 Å². The van der Waals surface area contributed by atoms with Crippen LogP contribution in [0.3, 0.4) is 0 Å². The highest BCUT2D eigenvalue weighted by Crippen LogP contribution is 2.33. The van der Waals surface area contributed by atoms with Crippen LogP contribution in [0.4, 0.5) is 10.7 Å². The van der Waals surface area contributed by atoms with Crippen LogP contribution < -0.4 is 15.8 Å². The number of rotatable bonds is 5. The van der Waals surface area contributed by atoms with Gasteiger partial charge in [-0.05, 0) is 43.7 Å². The summed E-state index contributed by atoms with van der Waals surface area (Å²) in [6.07, 6.45) is 0. The van der Waals surface area contributed by atoms with Crippen molar-refractivity contribution in [1.29, 1.82) is 0 Å². The molecule has 9 heteroatoms. The van der Waals surface area contributed by atoms with Gasteiger partial charge in [0.15, 0.2) is 0 Å². The van der Waals surface area contributed by atoms with Crippen molar-refractivity contribution in [1.82, 2.24) is 0 Å². The number of nitrogens with two attached hydrogens (primary N) is 1. The fraction of sp³-hybridized carbons (Fsp3) is 0.200. The third-order valence-electron chi connectivity index (χ3n) is 3.34. The number of amides is 2. The molecule has 0 saturated carbocycles. The molecule has 128 valence electrons. The summed E-state index contributed by atoms with van der Waals surface area (Å²) in [4.78, 5) is 23.4. The van der Waals surface area contributed by atoms with Crippen molar-refractivity contribution >= 4 is 43.9 Å². The number of anilines is 2. The summed E-state index contributed by atoms with van der Waals surface area (Å²) in [6, 6.07) is 5.70. The van der Waals surface area contributed by atoms with Crippen LogP contribution in [0, 0.1) is 13.8 Å². The average molecular weight is 367 g/mol. The zero-order chi connectivity index (χ0) is 18.1. The Morgan fingerprint density at radius 3 is 2.21 bits per heavy atom. The normalized spacial score (nSPS) is 11.1. The Kier molecular flexibility index (Phi) is 4.95. The van der Waals surface area contributed by atoms with Crippen LogP contribution in [0.2, 0.25) is 0 Å². The molecule has 1 aromatic carbocycles. The molecule has 0 aliphatic carbocycles. The monoisotopic (exact) mass is 367 g/mol. The Balaban J connectivity index is 2.34. The molecule has 0 atom stereocenters. The van der Waals surface area contributed by atoms with E-state index in [1.807, 2.05) is 0 Å². The molecule has 24 heavy (non-hydrogen) atoms. The molecule has 4 N–H and O–H groups in total. The van der Waals surface area contributed by atoms with Gasteiger partial charge >= 0.3 is 0 Å². The molecule has 0 aliphatic heterocycles. The van der Waals surface area contributed by atoms with Gasteiger partial charge in [-0.3, -0.25) is 14.3 Å². The fourth-order valence-electron chi connectivity index (χ4n) is 2.10. The molecule has 0 saturated heterocycles. The minimum atomic E-state index is -3.88. The van der Waals surface area contributed by atoms with Gasteiger partial charge in [0.05, 0.1) is 10.5 Å². The molecule has 0 radical (unpaired) electrons. The van der Waals surface area contributed by atoms with E-state index < -0.39 is 15.9 Å². The van der Waals surface area contributed by atoms with Crippen LogP contribution in [0.15, 0.2) is 29.2 Å². The number of hydrogen-bond acceptors (Lipinski definition) is 5. The van der Waals surface area contributed by atoms with Crippen molar-refractivity contribution in [3.8, 4) is 0 Å². The van der Waals surface area contributed by atoms with E-state index in [-0.39, 0.29) is 21.4 Å². The van der Waals surface area contributed by atoms with Gasteiger partial charge in [-0.25, -0.2) is 8.42 Å². The minimum Gasteiger partial charge on any atom is -0.365 e. The average Bonchev–Trinajstić information content (AvgIpc) is 2.72. The van der Waals surface area contributed by atoms with Crippen molar-refractivity contribution in [2.24, 2.45) is 5.73 Å². The van der Waals surface area contributed by atoms with Gasteiger partial charge < -0.3 is 11.1 Å². The molecule has 0 aliphatic rings. The summed E-state index contributed by atoms with van der Waals surface area (Å²) >= 11 is 1.15. The van der Waals surface area contributed by atoms with E-state index in [9.17, 15) is 18.0 Å². The summed E-state index contributed by atoms with van der Waals surface area (Å²) in [7, 11) is -3.88. The number of sulfonamides is 1. The van der Waals surface area contributed by atoms with Crippen LogP contribution in [-0.4, -0.2) is 20.2 Å². The Morgan fingerprint density at radius 2 is 1.71 bits per heavy atom. The lowest BCUT2D eigenvalue weighted by atomic mass is 10.1. The van der Waals surface area contributed by atoms with E-state index in [0.29, 0.717) is 11.3 Å². The van der Waals surface area contributed by atoms with E-state index in [4.69, 9.17) is 5.73 Å². The van der Waals surface area contributed by atoms with Crippen LogP contribution in [-0.2, 0) is 14.8 Å². The predicted octanol–water partition coefficient (Wildman–Crippen LogP) is 2.22. The molecule has 0 bridgehead atoms. The van der Waals surface area contributed by atoms with Crippen molar-refractivity contribution in [3.05, 3.63) is 40.3 Å². The number of primary amides is 1. The molecule has 0 fully saturated rings. The highest BCUT2D eigenvalue weighted by atomic mass is 32.2. The Labute approximate surface area is 143 Å². The number of nitrogens with one attached hydrogen (secondary N) is 2. The quantitative estimate of drug-likeness (QED) is 0.751. The number of benzene rings is 1. The zero-order valence-corrected chi connectivity index (χ0v) is 15.0. The van der Waals surface area contributed by atoms with Gasteiger partial charge in [0.2, 0.25) is 5.91 Å². The van der Waals surface area contributed by atoms with Crippen molar-refractivity contribution < 1.29 is 18.0 Å². The fourth-order valence-corrected chi connectivity index (χ4v) is 4.47. The maximum Gasteiger partial charge on any atom is 0.262 e. The summed E-state index contributed by atoms with van der Waals surface area (Å²) in [5.74, 6) is -0.935. The largest absolute Gasteiger partial charge is 0.365 e. The van der Waals surface area contributed by atoms with Crippen molar-refractivity contribution in [2.75, 3.05) is 10.0 Å². The van der Waals surface area contributed by atoms with Crippen LogP contribution in [0.5, 0.6) is 0 Å². The van der Waals surface area contributed by atoms with E-state index >= 15 is 0 Å². The summed E-state index contributed by atoms with van der Waals surface area (Å²) in [6.45, 7) is 4.86. The Morgan fingerprint density at radius 1 is 1.12 bits per heavy atom. The summed E-state index contributed by atoms with van der Waals surface area (Å²) < 4.78 is 27.4. The molecule has 2 amide bonds. The second kappa shape index (κ2) is 6.62. The third-order valence-corrected chi connectivity index (χ3v) is 5.96. The van der Waals surface area contributed by atoms with E-state index in [1.54, 1.807) is 13.8 Å². The highest BCUT2D eigenvalue weighted by molar-refractivity contribution is 7.93. The smallest absolute Gasteiger partial charge is 0.262 e. The van der Waals surface area contributed by atoms with Gasteiger partial charge in [-0.2, -0.15) is 0 Å². The second-order valence-corrected chi connectivity index (χ2v) is 8.07. The first-order chi connectivity index (χ1) is 11.1. The standard InChI is InChI=1S/C15H17N3O4S2/c1-8-9(2)23-15(13(8)14(16)20)18-24(21,22)12-6-4-11(5-7-12)17-10(3)19/h4-7,18H,1-3H3,(H2,16,20)(H,17,19). The molecule has 0 unspecified atom stereocenters. The first-order valence-electron chi connectivity index (χ1n) is 6.92. The Hall–Kier alpha value is -2.39. The third kappa shape index (κ3) is 3.74. The van der Waals surface area contributed by atoms with Crippen LogP contribution in [0.25, 0.3) is 0 Å². The van der Waals surface area contributed by atoms with Gasteiger partial charge in [-0.15, -0.1) is 11.3 Å². The lowest BCUT2D eigenvalue weighted by Gasteiger charge is -2.09. The molecule has 0 spiro atoms. The van der Waals surface area contributed by atoms with E-state index in [0.717, 1.165) is 16.2 Å². The topological polar surface area (TPSA) is 118 Å². The minimum absolute atomic E-state index is 0.00993. The van der Waals surface area contributed by atoms with E-state index in [1.165, 1.54) is 31.2 Å². The number of thiophene rings is 1. The molecule has 2 aromatic rings. The highest BCUT2D eigenvalue weighted by Gasteiger charge is 2.22. The molecule has 1 aromatic heterocycles. The van der Waals surface area contributed by atoms with Gasteiger partial charge in [0.25, 0.3) is 15.9 Å². The maximum absolute atomic E-state index is 12.5. The van der Waals surface area contributed by atoms with E-state index in [2.05, 4.69) is 10.0 Å². The number of aryl methyl sites for hydroxylation is 1. The first kappa shape index (κ1) is 18.0. The lowest BCUT2D eigenvalue weighted by molar-refractivity contribution is -0.114. The molecule has 2 rings (SSSR count). The molecule has 7 nitrogen and oxygen atoms in total. The van der Waals surface area contributed by atoms with Gasteiger partial charge in [-0.1, -0.05) is 0 Å². The molecule has 1 heterocycles. The van der Waals surface area contributed by atoms with Gasteiger partial charge in [0, 0.05) is 17.5 Å². The lowest BCUT2D eigenvalue weighted by Crippen LogP contribution is -2.18. The number of carbonyl (C=O) groups excluding carboxylic acids is 2. The second-order valence-electron chi connectivity index (χ2n) is 5.16. The zero-order valence-electron chi connectivity index (χ0n) is 13.3. The maximum atomic E-state index is 12.5. The van der Waals surface area contributed by atoms with Crippen molar-refractivity contribution in [3.63, 3.8) is 0 Å². The SMILES string of the molecule is CC(=O)Nc1ccc(S(=O)(=O)Nc2sc(C)c(C)c2C(N)=O)cc1. The molecular formula is C15H17N3O4S2. The first-order valence-corrected chi connectivity index (χ1v) is 9.22.